The van der Waals surface area contributed by atoms with E-state index in [1.54, 1.807) is 17.2 Å². The molecule has 0 unspecified atom stereocenters. The van der Waals surface area contributed by atoms with Gasteiger partial charge in [0.15, 0.2) is 0 Å². The first-order valence-corrected chi connectivity index (χ1v) is 15.1. The topological polar surface area (TPSA) is 82.1 Å². The molecule has 1 aliphatic heterocycles. The van der Waals surface area contributed by atoms with Crippen molar-refractivity contribution in [2.24, 2.45) is 0 Å². The Kier molecular flexibility index (Phi) is 9.84. The third-order valence-electron chi connectivity index (χ3n) is 7.80. The van der Waals surface area contributed by atoms with Gasteiger partial charge in [-0.1, -0.05) is 24.3 Å². The van der Waals surface area contributed by atoms with Gasteiger partial charge in [0.25, 0.3) is 0 Å². The van der Waals surface area contributed by atoms with Crippen LogP contribution in [0.4, 0.5) is 14.9 Å². The van der Waals surface area contributed by atoms with E-state index in [0.29, 0.717) is 19.6 Å². The molecule has 0 spiro atoms. The number of halogens is 1. The van der Waals surface area contributed by atoms with E-state index in [2.05, 4.69) is 32.2 Å². The molecule has 2 N–H and O–H groups in total. The molecular weight excluding hydrogens is 541 g/mol. The molecule has 1 aliphatic rings. The van der Waals surface area contributed by atoms with Crippen LogP contribution in [-0.4, -0.2) is 61.8 Å². The van der Waals surface area contributed by atoms with Crippen LogP contribution in [0.5, 0.6) is 0 Å². The first kappa shape index (κ1) is 30.0. The summed E-state index contributed by atoms with van der Waals surface area (Å²) in [6.45, 7) is 11.1. The van der Waals surface area contributed by atoms with Gasteiger partial charge in [-0.05, 0) is 89.2 Å². The summed E-state index contributed by atoms with van der Waals surface area (Å²) in [6, 6.07) is 21.1. The molecule has 1 saturated heterocycles. The monoisotopic (exact) mass is 581 g/mol. The molecule has 0 radical (unpaired) electrons. The fourth-order valence-electron chi connectivity index (χ4n) is 5.27. The number of anilines is 1. The normalized spacial score (nSPS) is 13.1. The second kappa shape index (κ2) is 14.1. The van der Waals surface area contributed by atoms with Gasteiger partial charge >= 0.3 is 6.03 Å². The quantitative estimate of drug-likeness (QED) is 0.200. The van der Waals surface area contributed by atoms with Crippen LogP contribution in [0.15, 0.2) is 79.1 Å². The van der Waals surface area contributed by atoms with Crippen LogP contribution in [0.3, 0.4) is 0 Å². The molecule has 0 atom stereocenters. The number of likely N-dealkylation sites (tertiary alicyclic amines) is 1. The van der Waals surface area contributed by atoms with E-state index in [-0.39, 0.29) is 11.8 Å². The lowest BCUT2D eigenvalue weighted by Crippen LogP contribution is -2.34. The Labute approximate surface area is 252 Å². The van der Waals surface area contributed by atoms with Gasteiger partial charge in [0, 0.05) is 72.0 Å². The first-order valence-electron chi connectivity index (χ1n) is 15.1. The number of rotatable bonds is 8. The Hall–Kier alpha value is -4.50. The highest BCUT2D eigenvalue weighted by Gasteiger charge is 2.15. The number of carbonyl (C=O) groups excluding carboxylic acids is 1. The van der Waals surface area contributed by atoms with Crippen LogP contribution >= 0.6 is 0 Å². The van der Waals surface area contributed by atoms with Crippen molar-refractivity contribution in [2.45, 2.75) is 46.7 Å². The lowest BCUT2D eigenvalue weighted by molar-refractivity contribution is 0.217. The van der Waals surface area contributed by atoms with Gasteiger partial charge in [-0.3, -0.25) is 9.58 Å². The van der Waals surface area contributed by atoms with Crippen LogP contribution in [0.25, 0.3) is 33.5 Å². The van der Waals surface area contributed by atoms with E-state index in [0.717, 1.165) is 64.4 Å². The van der Waals surface area contributed by atoms with E-state index in [1.807, 2.05) is 85.4 Å². The van der Waals surface area contributed by atoms with Crippen molar-refractivity contribution in [3.05, 3.63) is 90.5 Å². The Morgan fingerprint density at radius 3 is 2.37 bits per heavy atom. The lowest BCUT2D eigenvalue weighted by Gasteiger charge is -2.19. The molecule has 1 fully saturated rings. The van der Waals surface area contributed by atoms with Gasteiger partial charge in [0.05, 0.1) is 5.69 Å². The summed E-state index contributed by atoms with van der Waals surface area (Å²) in [7, 11) is 0. The van der Waals surface area contributed by atoms with Gasteiger partial charge in [0.1, 0.15) is 11.5 Å². The van der Waals surface area contributed by atoms with Crippen molar-refractivity contribution in [1.29, 1.82) is 0 Å². The van der Waals surface area contributed by atoms with Crippen LogP contribution in [0.1, 0.15) is 39.2 Å². The number of aromatic amines is 1. The highest BCUT2D eigenvalue weighted by atomic mass is 19.1. The molecule has 0 bridgehead atoms. The molecule has 0 saturated carbocycles. The number of aromatic nitrogens is 4. The Morgan fingerprint density at radius 2 is 1.72 bits per heavy atom. The number of fused-ring (bicyclic) bond motifs is 1. The molecule has 224 valence electrons. The minimum absolute atomic E-state index is 0.0667. The number of pyridine rings is 1. The number of H-pyrrole nitrogens is 1. The SMILES string of the molecule is CCN(CC)C(=O)Nc1ccc(-c2ccn(CC)n2)cc1.Fc1cc(-c2cc3cccnc3[nH]2)ccc1CN1CCCC1. The maximum Gasteiger partial charge on any atom is 0.321 e. The predicted octanol–water partition coefficient (Wildman–Crippen LogP) is 7.41. The Balaban J connectivity index is 0.000000172. The average molecular weight is 582 g/mol. The number of aryl methyl sites for hydroxylation is 1. The van der Waals surface area contributed by atoms with E-state index in [1.165, 1.54) is 12.8 Å². The molecule has 43 heavy (non-hydrogen) atoms. The number of urea groups is 1. The molecular formula is C34H40FN7O. The molecule has 2 aromatic carbocycles. The number of amides is 2. The second-order valence-electron chi connectivity index (χ2n) is 10.7. The molecule has 2 amide bonds. The smallest absolute Gasteiger partial charge is 0.321 e. The number of hydrogen-bond donors (Lipinski definition) is 2. The van der Waals surface area contributed by atoms with Crippen LogP contribution < -0.4 is 5.32 Å². The molecule has 9 heteroatoms. The number of nitrogens with zero attached hydrogens (tertiary/aromatic N) is 5. The number of carbonyl (C=O) groups is 1. The highest BCUT2D eigenvalue weighted by Crippen LogP contribution is 2.26. The largest absolute Gasteiger partial charge is 0.339 e. The molecule has 6 rings (SSSR count). The zero-order chi connectivity index (χ0) is 30.2. The maximum absolute atomic E-state index is 14.4. The van der Waals surface area contributed by atoms with Gasteiger partial charge in [-0.2, -0.15) is 5.10 Å². The van der Waals surface area contributed by atoms with Gasteiger partial charge in [-0.25, -0.2) is 14.2 Å². The summed E-state index contributed by atoms with van der Waals surface area (Å²) < 4.78 is 16.3. The Bertz CT molecular complexity index is 1600. The molecule has 4 heterocycles. The van der Waals surface area contributed by atoms with Crippen LogP contribution in [0, 0.1) is 5.82 Å². The van der Waals surface area contributed by atoms with E-state index >= 15 is 0 Å². The van der Waals surface area contributed by atoms with Crippen molar-refractivity contribution in [2.75, 3.05) is 31.5 Å². The van der Waals surface area contributed by atoms with Crippen molar-refractivity contribution in [3.63, 3.8) is 0 Å². The van der Waals surface area contributed by atoms with E-state index < -0.39 is 0 Å². The maximum atomic E-state index is 14.4. The number of benzene rings is 2. The standard InChI is InChI=1S/C18H18FN3.C16H22N4O/c19-16-10-13(5-6-15(16)12-22-8-1-2-9-22)17-11-14-4-3-7-20-18(14)21-17;1-4-19(5-2)16(21)17-14-9-7-13(8-10-14)15-11-12-20(6-3)18-15/h3-7,10-11H,1-2,8-9,12H2,(H,20,21);7-12H,4-6H2,1-3H3,(H,17,21). The molecule has 8 nitrogen and oxygen atoms in total. The molecule has 3 aromatic heterocycles. The summed E-state index contributed by atoms with van der Waals surface area (Å²) in [5, 5.41) is 8.41. The highest BCUT2D eigenvalue weighted by molar-refractivity contribution is 5.89. The van der Waals surface area contributed by atoms with Gasteiger partial charge in [-0.15, -0.1) is 0 Å². The average Bonchev–Trinajstić information content (AvgIpc) is 3.81. The van der Waals surface area contributed by atoms with Crippen LogP contribution in [-0.2, 0) is 13.1 Å². The summed E-state index contributed by atoms with van der Waals surface area (Å²) in [5.41, 5.74) is 6.16. The van der Waals surface area contributed by atoms with Crippen molar-refractivity contribution in [1.82, 2.24) is 29.5 Å². The molecule has 5 aromatic rings. The van der Waals surface area contributed by atoms with Crippen molar-refractivity contribution >= 4 is 22.8 Å². The first-order chi connectivity index (χ1) is 21.0. The predicted molar refractivity (Wildman–Crippen MR) is 171 cm³/mol. The summed E-state index contributed by atoms with van der Waals surface area (Å²) in [4.78, 5) is 23.6. The summed E-state index contributed by atoms with van der Waals surface area (Å²) >= 11 is 0. The van der Waals surface area contributed by atoms with Gasteiger partial charge in [0.2, 0.25) is 0 Å². The summed E-state index contributed by atoms with van der Waals surface area (Å²) in [5.74, 6) is -0.129. The third-order valence-corrected chi connectivity index (χ3v) is 7.80. The van der Waals surface area contributed by atoms with Gasteiger partial charge < -0.3 is 15.2 Å². The number of nitrogens with one attached hydrogen (secondary N) is 2. The van der Waals surface area contributed by atoms with Crippen molar-refractivity contribution in [3.8, 4) is 22.5 Å². The fraction of sp³-hybridized carbons (Fsp3) is 0.324. The van der Waals surface area contributed by atoms with Crippen LogP contribution in [0.2, 0.25) is 0 Å². The van der Waals surface area contributed by atoms with E-state index in [9.17, 15) is 9.18 Å². The third kappa shape index (κ3) is 7.48. The van der Waals surface area contributed by atoms with Crippen molar-refractivity contribution < 1.29 is 9.18 Å². The second-order valence-corrected chi connectivity index (χ2v) is 10.7. The Morgan fingerprint density at radius 1 is 0.977 bits per heavy atom. The summed E-state index contributed by atoms with van der Waals surface area (Å²) in [6.07, 6.45) is 6.16. The minimum atomic E-state index is -0.129. The fourth-order valence-corrected chi connectivity index (χ4v) is 5.27. The molecule has 0 aliphatic carbocycles. The zero-order valence-corrected chi connectivity index (χ0v) is 25.2. The lowest BCUT2D eigenvalue weighted by atomic mass is 10.1. The number of hydrogen-bond acceptors (Lipinski definition) is 4. The zero-order valence-electron chi connectivity index (χ0n) is 25.2. The van der Waals surface area contributed by atoms with E-state index in [4.69, 9.17) is 0 Å². The minimum Gasteiger partial charge on any atom is -0.339 e.